The van der Waals surface area contributed by atoms with Crippen molar-refractivity contribution in [2.24, 2.45) is 0 Å². The lowest BCUT2D eigenvalue weighted by molar-refractivity contribution is -0.385. The number of rotatable bonds is 7. The van der Waals surface area contributed by atoms with Crippen molar-refractivity contribution in [1.82, 2.24) is 9.97 Å². The molecule has 0 saturated carbocycles. The number of likely N-dealkylation sites (N-methyl/N-ethyl adjacent to an activating group) is 1. The van der Waals surface area contributed by atoms with Crippen LogP contribution in [0.4, 0.5) is 11.5 Å². The van der Waals surface area contributed by atoms with Gasteiger partial charge in [0.25, 0.3) is 0 Å². The van der Waals surface area contributed by atoms with Crippen LogP contribution in [0.2, 0.25) is 0 Å². The Morgan fingerprint density at radius 2 is 2.04 bits per heavy atom. The van der Waals surface area contributed by atoms with Crippen LogP contribution in [0.1, 0.15) is 18.1 Å². The molecule has 2 rings (SSSR count). The average molecular weight is 332 g/mol. The van der Waals surface area contributed by atoms with Crippen molar-refractivity contribution < 1.29 is 14.8 Å². The second-order valence-corrected chi connectivity index (χ2v) is 5.26. The molecular formula is C16H20N4O4. The Labute approximate surface area is 139 Å². The van der Waals surface area contributed by atoms with Crippen molar-refractivity contribution in [3.63, 3.8) is 0 Å². The molecule has 1 heterocycles. The fourth-order valence-electron chi connectivity index (χ4n) is 2.24. The Morgan fingerprint density at radius 3 is 2.62 bits per heavy atom. The maximum absolute atomic E-state index is 11.5. The molecule has 1 aromatic heterocycles. The van der Waals surface area contributed by atoms with Gasteiger partial charge < -0.3 is 14.7 Å². The van der Waals surface area contributed by atoms with Crippen molar-refractivity contribution in [2.75, 3.05) is 24.6 Å². The summed E-state index contributed by atoms with van der Waals surface area (Å²) < 4.78 is 5.64. The number of anilines is 1. The standard InChI is InChI=1S/C16H20N4O4/c1-4-19(7-8-21)15-14(20(22)23)16(18-10-17-15)24-13-6-5-11(2)12(3)9-13/h5-6,9-10,21H,4,7-8H2,1-3H3. The highest BCUT2D eigenvalue weighted by molar-refractivity contribution is 5.63. The van der Waals surface area contributed by atoms with Gasteiger partial charge in [0.15, 0.2) is 0 Å². The average Bonchev–Trinajstić information content (AvgIpc) is 2.55. The number of hydrogen-bond acceptors (Lipinski definition) is 7. The molecule has 0 atom stereocenters. The van der Waals surface area contributed by atoms with Crippen molar-refractivity contribution in [3.8, 4) is 11.6 Å². The van der Waals surface area contributed by atoms with E-state index < -0.39 is 4.92 Å². The summed E-state index contributed by atoms with van der Waals surface area (Å²) in [5, 5.41) is 20.7. The Bertz CT molecular complexity index is 736. The van der Waals surface area contributed by atoms with E-state index in [0.717, 1.165) is 11.1 Å². The minimum atomic E-state index is -0.564. The molecule has 0 bridgehead atoms. The van der Waals surface area contributed by atoms with E-state index in [0.29, 0.717) is 12.3 Å². The minimum Gasteiger partial charge on any atom is -0.434 e. The van der Waals surface area contributed by atoms with Gasteiger partial charge in [0.05, 0.1) is 11.5 Å². The van der Waals surface area contributed by atoms with Crippen LogP contribution in [-0.4, -0.2) is 39.7 Å². The molecule has 8 heteroatoms. The molecule has 8 nitrogen and oxygen atoms in total. The van der Waals surface area contributed by atoms with Gasteiger partial charge in [-0.1, -0.05) is 6.07 Å². The summed E-state index contributed by atoms with van der Waals surface area (Å²) in [4.78, 5) is 20.5. The Hall–Kier alpha value is -2.74. The van der Waals surface area contributed by atoms with Gasteiger partial charge in [0.1, 0.15) is 12.1 Å². The highest BCUT2D eigenvalue weighted by atomic mass is 16.6. The lowest BCUT2D eigenvalue weighted by Crippen LogP contribution is -2.28. The van der Waals surface area contributed by atoms with Crippen LogP contribution in [0.3, 0.4) is 0 Å². The molecule has 128 valence electrons. The fraction of sp³-hybridized carbons (Fsp3) is 0.375. The normalized spacial score (nSPS) is 10.5. The number of hydrogen-bond donors (Lipinski definition) is 1. The third kappa shape index (κ3) is 3.77. The zero-order chi connectivity index (χ0) is 17.7. The molecule has 0 radical (unpaired) electrons. The number of aryl methyl sites for hydroxylation is 2. The number of aromatic nitrogens is 2. The monoisotopic (exact) mass is 332 g/mol. The fourth-order valence-corrected chi connectivity index (χ4v) is 2.24. The molecule has 0 aliphatic rings. The molecule has 0 saturated heterocycles. The van der Waals surface area contributed by atoms with Crippen LogP contribution in [0.25, 0.3) is 0 Å². The second kappa shape index (κ2) is 7.69. The van der Waals surface area contributed by atoms with E-state index in [1.165, 1.54) is 6.33 Å². The first-order valence-corrected chi connectivity index (χ1v) is 7.58. The van der Waals surface area contributed by atoms with Gasteiger partial charge in [-0.25, -0.2) is 4.98 Å². The van der Waals surface area contributed by atoms with Crippen LogP contribution in [0, 0.1) is 24.0 Å². The quantitative estimate of drug-likeness (QED) is 0.614. The van der Waals surface area contributed by atoms with Gasteiger partial charge in [-0.2, -0.15) is 4.98 Å². The Kier molecular flexibility index (Phi) is 5.64. The van der Waals surface area contributed by atoms with E-state index in [1.54, 1.807) is 17.0 Å². The Morgan fingerprint density at radius 1 is 1.29 bits per heavy atom. The summed E-state index contributed by atoms with van der Waals surface area (Å²) >= 11 is 0. The van der Waals surface area contributed by atoms with Crippen LogP contribution >= 0.6 is 0 Å². The summed E-state index contributed by atoms with van der Waals surface area (Å²) in [6, 6.07) is 5.41. The van der Waals surface area contributed by atoms with E-state index in [-0.39, 0.29) is 30.5 Å². The summed E-state index contributed by atoms with van der Waals surface area (Å²) in [5.41, 5.74) is 1.80. The zero-order valence-corrected chi connectivity index (χ0v) is 13.9. The van der Waals surface area contributed by atoms with Gasteiger partial charge >= 0.3 is 11.6 Å². The van der Waals surface area contributed by atoms with Crippen LogP contribution in [-0.2, 0) is 0 Å². The zero-order valence-electron chi connectivity index (χ0n) is 13.9. The number of ether oxygens (including phenoxy) is 1. The molecule has 0 aliphatic carbocycles. The van der Waals surface area contributed by atoms with Gasteiger partial charge in [-0.15, -0.1) is 0 Å². The molecule has 1 aromatic carbocycles. The van der Waals surface area contributed by atoms with Gasteiger partial charge in [-0.3, -0.25) is 10.1 Å². The molecule has 0 aliphatic heterocycles. The molecule has 0 fully saturated rings. The smallest absolute Gasteiger partial charge is 0.373 e. The highest BCUT2D eigenvalue weighted by Crippen LogP contribution is 2.36. The number of aliphatic hydroxyl groups excluding tert-OH is 1. The third-order valence-corrected chi connectivity index (χ3v) is 3.70. The summed E-state index contributed by atoms with van der Waals surface area (Å²) in [7, 11) is 0. The van der Waals surface area contributed by atoms with Crippen molar-refractivity contribution in [2.45, 2.75) is 20.8 Å². The molecular weight excluding hydrogens is 312 g/mol. The SMILES string of the molecule is CCN(CCO)c1ncnc(Oc2ccc(C)c(C)c2)c1[N+](=O)[O-]. The van der Waals surface area contributed by atoms with Gasteiger partial charge in [-0.05, 0) is 44.0 Å². The molecule has 0 amide bonds. The second-order valence-electron chi connectivity index (χ2n) is 5.26. The van der Waals surface area contributed by atoms with E-state index in [4.69, 9.17) is 9.84 Å². The van der Waals surface area contributed by atoms with E-state index in [9.17, 15) is 10.1 Å². The highest BCUT2D eigenvalue weighted by Gasteiger charge is 2.28. The maximum atomic E-state index is 11.5. The lowest BCUT2D eigenvalue weighted by atomic mass is 10.1. The molecule has 2 aromatic rings. The number of nitro groups is 1. The maximum Gasteiger partial charge on any atom is 0.373 e. The van der Waals surface area contributed by atoms with E-state index in [2.05, 4.69) is 9.97 Å². The van der Waals surface area contributed by atoms with Crippen molar-refractivity contribution >= 4 is 11.5 Å². The summed E-state index contributed by atoms with van der Waals surface area (Å²) in [6.07, 6.45) is 1.22. The number of aliphatic hydroxyl groups is 1. The van der Waals surface area contributed by atoms with Crippen LogP contribution in [0.15, 0.2) is 24.5 Å². The van der Waals surface area contributed by atoms with Crippen LogP contribution < -0.4 is 9.64 Å². The van der Waals surface area contributed by atoms with Gasteiger partial charge in [0.2, 0.25) is 5.82 Å². The van der Waals surface area contributed by atoms with Gasteiger partial charge in [0, 0.05) is 13.1 Å². The summed E-state index contributed by atoms with van der Waals surface area (Å²) in [5.74, 6) is 0.478. The molecule has 0 spiro atoms. The first kappa shape index (κ1) is 17.6. The van der Waals surface area contributed by atoms with Crippen molar-refractivity contribution in [1.29, 1.82) is 0 Å². The molecule has 24 heavy (non-hydrogen) atoms. The van der Waals surface area contributed by atoms with E-state index in [1.807, 2.05) is 26.8 Å². The molecule has 0 unspecified atom stereocenters. The van der Waals surface area contributed by atoms with Crippen LogP contribution in [0.5, 0.6) is 11.6 Å². The van der Waals surface area contributed by atoms with E-state index >= 15 is 0 Å². The molecule has 1 N–H and O–H groups in total. The topological polar surface area (TPSA) is 102 Å². The van der Waals surface area contributed by atoms with Crippen molar-refractivity contribution in [3.05, 3.63) is 45.8 Å². The number of benzene rings is 1. The Balaban J connectivity index is 2.45. The lowest BCUT2D eigenvalue weighted by Gasteiger charge is -2.20. The predicted molar refractivity (Wildman–Crippen MR) is 89.6 cm³/mol. The first-order chi connectivity index (χ1) is 11.5. The predicted octanol–water partition coefficient (Wildman–Crippen LogP) is 2.61. The minimum absolute atomic E-state index is 0.121. The number of nitrogens with zero attached hydrogens (tertiary/aromatic N) is 4. The first-order valence-electron chi connectivity index (χ1n) is 7.58. The largest absolute Gasteiger partial charge is 0.434 e. The third-order valence-electron chi connectivity index (χ3n) is 3.70. The summed E-state index contributed by atoms with van der Waals surface area (Å²) in [6.45, 7) is 6.28.